The minimum Gasteiger partial charge on any atom is -0.368 e. The monoisotopic (exact) mass is 225 g/mol. The maximum atomic E-state index is 8.88. The number of nitrogens with one attached hydrogen (secondary N) is 1. The summed E-state index contributed by atoms with van der Waals surface area (Å²) in [7, 11) is -4.64. The Labute approximate surface area is 83.2 Å². The van der Waals surface area contributed by atoms with Gasteiger partial charge in [0.2, 0.25) is 0 Å². The summed E-state index contributed by atoms with van der Waals surface area (Å²) in [5, 5.41) is 2.92. The molecular weight excluding hydrogens is 213 g/mol. The molecule has 0 aliphatic carbocycles. The van der Waals surface area contributed by atoms with Gasteiger partial charge in [0.05, 0.1) is 0 Å². The average Bonchev–Trinajstić information content (AvgIpc) is 2.10. The van der Waals surface area contributed by atoms with E-state index in [1.807, 2.05) is 36.7 Å². The molecule has 1 aliphatic rings. The normalized spacial score (nSPS) is 13.2. The van der Waals surface area contributed by atoms with Crippen LogP contribution >= 0.6 is 21.3 Å². The quantitative estimate of drug-likeness (QED) is 0.447. The van der Waals surface area contributed by atoms with Crippen molar-refractivity contribution in [3.05, 3.63) is 36.7 Å². The van der Waals surface area contributed by atoms with Crippen LogP contribution < -0.4 is 5.32 Å². The van der Waals surface area contributed by atoms with Gasteiger partial charge in [-0.2, -0.15) is 13.5 Å². The fraction of sp³-hybridized carbons (Fsp3) is 0. The number of phosphoric acid groups is 1. The van der Waals surface area contributed by atoms with Gasteiger partial charge in [-0.05, 0) is 12.2 Å². The topological polar surface area (TPSA) is 89.8 Å². The third-order valence-electron chi connectivity index (χ3n) is 0.718. The second kappa shape index (κ2) is 8.10. The van der Waals surface area contributed by atoms with Gasteiger partial charge in [0.1, 0.15) is 0 Å². The molecule has 76 valence electrons. The molecule has 0 saturated heterocycles. The summed E-state index contributed by atoms with van der Waals surface area (Å²) < 4.78 is 8.88. The van der Waals surface area contributed by atoms with Crippen LogP contribution in [0.15, 0.2) is 36.7 Å². The lowest BCUT2D eigenvalue weighted by Gasteiger charge is -1.82. The van der Waals surface area contributed by atoms with Crippen molar-refractivity contribution in [2.45, 2.75) is 0 Å². The third kappa shape index (κ3) is 24.6. The van der Waals surface area contributed by atoms with Crippen molar-refractivity contribution in [1.29, 1.82) is 0 Å². The lowest BCUT2D eigenvalue weighted by Crippen LogP contribution is -1.87. The fourth-order valence-corrected chi connectivity index (χ4v) is 0.406. The Morgan fingerprint density at radius 3 is 1.54 bits per heavy atom. The van der Waals surface area contributed by atoms with Crippen LogP contribution in [0.1, 0.15) is 0 Å². The Hall–Kier alpha value is -0.520. The van der Waals surface area contributed by atoms with Crippen LogP contribution in [0.4, 0.5) is 0 Å². The molecule has 0 bridgehead atoms. The zero-order valence-corrected chi connectivity index (χ0v) is 8.56. The first-order valence-electron chi connectivity index (χ1n) is 3.03. The molecule has 1 rings (SSSR count). The second-order valence-electron chi connectivity index (χ2n) is 1.78. The van der Waals surface area contributed by atoms with Crippen molar-refractivity contribution in [2.24, 2.45) is 0 Å². The number of hydrogen-bond acceptors (Lipinski definition) is 2. The first-order valence-corrected chi connectivity index (χ1v) is 4.59. The van der Waals surface area contributed by atoms with Gasteiger partial charge in [0.15, 0.2) is 0 Å². The van der Waals surface area contributed by atoms with E-state index in [-0.39, 0.29) is 13.5 Å². The summed E-state index contributed by atoms with van der Waals surface area (Å²) in [6, 6.07) is 0. The number of hydrogen-bond donors (Lipinski definition) is 4. The van der Waals surface area contributed by atoms with Crippen molar-refractivity contribution in [3.8, 4) is 0 Å². The highest BCUT2D eigenvalue weighted by atomic mass is 32.1. The molecule has 5 nitrogen and oxygen atoms in total. The van der Waals surface area contributed by atoms with Crippen molar-refractivity contribution >= 4 is 21.3 Å². The summed E-state index contributed by atoms with van der Waals surface area (Å²) >= 11 is 0. The van der Waals surface area contributed by atoms with Gasteiger partial charge in [0, 0.05) is 12.4 Å². The van der Waals surface area contributed by atoms with E-state index < -0.39 is 7.82 Å². The van der Waals surface area contributed by atoms with E-state index in [0.717, 1.165) is 0 Å². The molecule has 0 aromatic carbocycles. The molecule has 0 fully saturated rings. The summed E-state index contributed by atoms with van der Waals surface area (Å²) in [4.78, 5) is 21.6. The van der Waals surface area contributed by atoms with Gasteiger partial charge in [-0.25, -0.2) is 4.57 Å². The van der Waals surface area contributed by atoms with E-state index in [1.165, 1.54) is 0 Å². The van der Waals surface area contributed by atoms with Crippen LogP contribution in [0.25, 0.3) is 0 Å². The molecule has 0 saturated carbocycles. The predicted molar refractivity (Wildman–Crippen MR) is 55.2 cm³/mol. The minimum atomic E-state index is -4.64. The maximum Gasteiger partial charge on any atom is 0.466 e. The molecule has 1 aliphatic heterocycles. The zero-order chi connectivity index (χ0) is 9.45. The summed E-state index contributed by atoms with van der Waals surface area (Å²) in [5.41, 5.74) is 0. The van der Waals surface area contributed by atoms with Crippen LogP contribution in [0, 0.1) is 0 Å². The molecule has 4 N–H and O–H groups in total. The largest absolute Gasteiger partial charge is 0.466 e. The third-order valence-corrected chi connectivity index (χ3v) is 0.718. The molecule has 7 heteroatoms. The summed E-state index contributed by atoms with van der Waals surface area (Å²) in [6.07, 6.45) is 11.6. The molecule has 0 atom stereocenters. The van der Waals surface area contributed by atoms with Crippen LogP contribution in [-0.4, -0.2) is 14.7 Å². The van der Waals surface area contributed by atoms with Gasteiger partial charge < -0.3 is 20.0 Å². The zero-order valence-electron chi connectivity index (χ0n) is 6.66. The van der Waals surface area contributed by atoms with E-state index in [4.69, 9.17) is 19.2 Å². The molecular formula is C6H12NO4PS. The average molecular weight is 225 g/mol. The highest BCUT2D eigenvalue weighted by molar-refractivity contribution is 7.59. The predicted octanol–water partition coefficient (Wildman–Crippen LogP) is 0.357. The van der Waals surface area contributed by atoms with E-state index in [9.17, 15) is 0 Å². The van der Waals surface area contributed by atoms with Crippen LogP contribution in [0.2, 0.25) is 0 Å². The minimum absolute atomic E-state index is 0. The van der Waals surface area contributed by atoms with Crippen molar-refractivity contribution < 1.29 is 19.2 Å². The van der Waals surface area contributed by atoms with Gasteiger partial charge in [-0.1, -0.05) is 12.2 Å². The molecule has 0 amide bonds. The molecule has 1 heterocycles. The Morgan fingerprint density at radius 1 is 0.923 bits per heavy atom. The Balaban J connectivity index is 0. The molecule has 0 aromatic rings. The summed E-state index contributed by atoms with van der Waals surface area (Å²) in [6.45, 7) is 0. The number of rotatable bonds is 0. The Bertz CT molecular complexity index is 223. The molecule has 0 unspecified atom stereocenters. The summed E-state index contributed by atoms with van der Waals surface area (Å²) in [5.74, 6) is 0. The Morgan fingerprint density at radius 2 is 1.23 bits per heavy atom. The standard InChI is InChI=1S/C6H7N.H3O4P.H2S/c1-2-4-6-7-5-3-1;1-5(2,3)4;/h1-7H;(H3,1,2,3,4);1H2. The van der Waals surface area contributed by atoms with E-state index >= 15 is 0 Å². The van der Waals surface area contributed by atoms with Crippen molar-refractivity contribution in [1.82, 2.24) is 5.32 Å². The maximum absolute atomic E-state index is 8.88. The Kier molecular flexibility index (Phi) is 9.33. The van der Waals surface area contributed by atoms with Gasteiger partial charge in [0.25, 0.3) is 0 Å². The van der Waals surface area contributed by atoms with Crippen molar-refractivity contribution in [3.63, 3.8) is 0 Å². The highest BCUT2D eigenvalue weighted by Gasteiger charge is 2.00. The number of allylic oxidation sites excluding steroid dienone is 4. The fourth-order valence-electron chi connectivity index (χ4n) is 0.406. The van der Waals surface area contributed by atoms with Crippen LogP contribution in [0.5, 0.6) is 0 Å². The van der Waals surface area contributed by atoms with Crippen LogP contribution in [0.3, 0.4) is 0 Å². The molecule has 0 aromatic heterocycles. The highest BCUT2D eigenvalue weighted by Crippen LogP contribution is 2.25. The van der Waals surface area contributed by atoms with E-state index in [1.54, 1.807) is 0 Å². The molecule has 13 heavy (non-hydrogen) atoms. The first-order chi connectivity index (χ1) is 5.50. The SMILES string of the molecule is C1=CC=CNC=C1.O=P(O)(O)O.S. The smallest absolute Gasteiger partial charge is 0.368 e. The van der Waals surface area contributed by atoms with Crippen molar-refractivity contribution in [2.75, 3.05) is 0 Å². The van der Waals surface area contributed by atoms with Gasteiger partial charge in [-0.15, -0.1) is 0 Å². The lowest BCUT2D eigenvalue weighted by molar-refractivity contribution is 0.275. The first kappa shape index (κ1) is 15.0. The van der Waals surface area contributed by atoms with Gasteiger partial charge >= 0.3 is 7.82 Å². The van der Waals surface area contributed by atoms with E-state index in [0.29, 0.717) is 0 Å². The lowest BCUT2D eigenvalue weighted by atomic mass is 10.5. The molecule has 0 radical (unpaired) electrons. The van der Waals surface area contributed by atoms with E-state index in [2.05, 4.69) is 5.32 Å². The second-order valence-corrected chi connectivity index (χ2v) is 2.81. The van der Waals surface area contributed by atoms with Crippen LogP contribution in [-0.2, 0) is 4.57 Å². The van der Waals surface area contributed by atoms with Gasteiger partial charge in [-0.3, -0.25) is 0 Å². The molecule has 0 spiro atoms.